The Hall–Kier alpha value is -1.81. The van der Waals surface area contributed by atoms with Crippen LogP contribution in [0.25, 0.3) is 0 Å². The van der Waals surface area contributed by atoms with Crippen molar-refractivity contribution in [3.05, 3.63) is 48.0 Å². The van der Waals surface area contributed by atoms with E-state index < -0.39 is 0 Å². The topological polar surface area (TPSA) is 41.3 Å². The van der Waals surface area contributed by atoms with Crippen LogP contribution in [0.1, 0.15) is 11.4 Å². The summed E-state index contributed by atoms with van der Waals surface area (Å²) in [6, 6.07) is 7.30. The molecule has 2 aromatic rings. The quantitative estimate of drug-likeness (QED) is 0.872. The maximum atomic E-state index is 9.26. The van der Waals surface area contributed by atoms with E-state index in [0.29, 0.717) is 5.75 Å². The summed E-state index contributed by atoms with van der Waals surface area (Å²) in [6.45, 7) is 1.79. The lowest BCUT2D eigenvalue weighted by Crippen LogP contribution is -2.17. The standard InChI is InChI=1S/C14H19N3O/c1-16(2)9-7-14-15-8-10-17(14)11-12-3-5-13(18)6-4-12/h3-6,8,10,18H,7,9,11H2,1-2H3. The number of phenols is 1. The number of hydrogen-bond donors (Lipinski definition) is 1. The van der Waals surface area contributed by atoms with Crippen molar-refractivity contribution in [1.29, 1.82) is 0 Å². The Morgan fingerprint density at radius 3 is 2.61 bits per heavy atom. The molecule has 4 heteroatoms. The van der Waals surface area contributed by atoms with Crippen LogP contribution < -0.4 is 0 Å². The number of phenolic OH excluding ortho intramolecular Hbond substituents is 1. The van der Waals surface area contributed by atoms with Crippen LogP contribution in [-0.2, 0) is 13.0 Å². The van der Waals surface area contributed by atoms with Crippen molar-refractivity contribution in [2.45, 2.75) is 13.0 Å². The van der Waals surface area contributed by atoms with Gasteiger partial charge in [0.2, 0.25) is 0 Å². The third-order valence-corrected chi connectivity index (χ3v) is 2.87. The van der Waals surface area contributed by atoms with E-state index in [4.69, 9.17) is 0 Å². The molecule has 0 bridgehead atoms. The van der Waals surface area contributed by atoms with Gasteiger partial charge in [0.25, 0.3) is 0 Å². The number of benzene rings is 1. The molecule has 0 fully saturated rings. The van der Waals surface area contributed by atoms with Crippen LogP contribution in [0.15, 0.2) is 36.7 Å². The largest absolute Gasteiger partial charge is 0.508 e. The first kappa shape index (κ1) is 12.6. The second-order valence-corrected chi connectivity index (χ2v) is 4.69. The van der Waals surface area contributed by atoms with Crippen LogP contribution in [0.4, 0.5) is 0 Å². The molecule has 0 aliphatic rings. The van der Waals surface area contributed by atoms with E-state index in [1.54, 1.807) is 12.1 Å². The molecule has 0 spiro atoms. The van der Waals surface area contributed by atoms with E-state index in [1.807, 2.05) is 24.5 Å². The number of hydrogen-bond acceptors (Lipinski definition) is 3. The Morgan fingerprint density at radius 2 is 1.94 bits per heavy atom. The van der Waals surface area contributed by atoms with Gasteiger partial charge in [0.1, 0.15) is 11.6 Å². The number of nitrogens with zero attached hydrogens (tertiary/aromatic N) is 3. The average molecular weight is 245 g/mol. The minimum absolute atomic E-state index is 0.303. The number of imidazole rings is 1. The second-order valence-electron chi connectivity index (χ2n) is 4.69. The van der Waals surface area contributed by atoms with Crippen molar-refractivity contribution < 1.29 is 5.11 Å². The first-order chi connectivity index (χ1) is 8.65. The van der Waals surface area contributed by atoms with Crippen LogP contribution in [0.5, 0.6) is 5.75 Å². The molecule has 0 aliphatic heterocycles. The summed E-state index contributed by atoms with van der Waals surface area (Å²) < 4.78 is 2.15. The van der Waals surface area contributed by atoms with Gasteiger partial charge in [-0.05, 0) is 31.8 Å². The summed E-state index contributed by atoms with van der Waals surface area (Å²) in [5, 5.41) is 9.26. The van der Waals surface area contributed by atoms with Gasteiger partial charge in [-0.3, -0.25) is 0 Å². The van der Waals surface area contributed by atoms with Gasteiger partial charge in [0.15, 0.2) is 0 Å². The van der Waals surface area contributed by atoms with Gasteiger partial charge in [0.05, 0.1) is 0 Å². The highest BCUT2D eigenvalue weighted by molar-refractivity contribution is 5.26. The van der Waals surface area contributed by atoms with Gasteiger partial charge in [0, 0.05) is 31.9 Å². The van der Waals surface area contributed by atoms with E-state index in [9.17, 15) is 5.11 Å². The van der Waals surface area contributed by atoms with Crippen molar-refractivity contribution in [2.24, 2.45) is 0 Å². The van der Waals surface area contributed by atoms with E-state index in [-0.39, 0.29) is 0 Å². The van der Waals surface area contributed by atoms with Crippen molar-refractivity contribution >= 4 is 0 Å². The molecule has 0 atom stereocenters. The summed E-state index contributed by atoms with van der Waals surface area (Å²) in [4.78, 5) is 6.54. The molecule has 0 saturated heterocycles. The highest BCUT2D eigenvalue weighted by Gasteiger charge is 2.04. The van der Waals surface area contributed by atoms with E-state index >= 15 is 0 Å². The van der Waals surface area contributed by atoms with Gasteiger partial charge >= 0.3 is 0 Å². The molecule has 96 valence electrons. The molecular weight excluding hydrogens is 226 g/mol. The molecular formula is C14H19N3O. The van der Waals surface area contributed by atoms with Crippen LogP contribution in [0, 0.1) is 0 Å². The number of likely N-dealkylation sites (N-methyl/N-ethyl adjacent to an activating group) is 1. The molecule has 0 unspecified atom stereocenters. The van der Waals surface area contributed by atoms with E-state index in [0.717, 1.165) is 30.9 Å². The average Bonchev–Trinajstić information content (AvgIpc) is 2.77. The summed E-state index contributed by atoms with van der Waals surface area (Å²) in [5.41, 5.74) is 1.16. The smallest absolute Gasteiger partial charge is 0.115 e. The SMILES string of the molecule is CN(C)CCc1nccn1Cc1ccc(O)cc1. The van der Waals surface area contributed by atoms with Crippen molar-refractivity contribution in [3.8, 4) is 5.75 Å². The molecule has 1 aromatic heterocycles. The minimum atomic E-state index is 0.303. The van der Waals surface area contributed by atoms with Gasteiger partial charge in [-0.2, -0.15) is 0 Å². The zero-order valence-electron chi connectivity index (χ0n) is 10.9. The Kier molecular flexibility index (Phi) is 3.99. The molecule has 0 radical (unpaired) electrons. The molecule has 1 aromatic carbocycles. The Balaban J connectivity index is 2.05. The number of rotatable bonds is 5. The van der Waals surface area contributed by atoms with E-state index in [1.165, 1.54) is 0 Å². The van der Waals surface area contributed by atoms with Gasteiger partial charge in [-0.25, -0.2) is 4.98 Å². The fraction of sp³-hybridized carbons (Fsp3) is 0.357. The fourth-order valence-electron chi connectivity index (χ4n) is 1.83. The lowest BCUT2D eigenvalue weighted by Gasteiger charge is -2.11. The van der Waals surface area contributed by atoms with Crippen LogP contribution in [-0.4, -0.2) is 40.2 Å². The highest BCUT2D eigenvalue weighted by Crippen LogP contribution is 2.12. The van der Waals surface area contributed by atoms with E-state index in [2.05, 4.69) is 28.5 Å². The summed E-state index contributed by atoms with van der Waals surface area (Å²) in [6.07, 6.45) is 4.78. The third-order valence-electron chi connectivity index (χ3n) is 2.87. The first-order valence-corrected chi connectivity index (χ1v) is 6.08. The van der Waals surface area contributed by atoms with Gasteiger partial charge < -0.3 is 14.6 Å². The van der Waals surface area contributed by atoms with Gasteiger partial charge in [-0.15, -0.1) is 0 Å². The Bertz CT molecular complexity index is 488. The third kappa shape index (κ3) is 3.34. The summed E-state index contributed by atoms with van der Waals surface area (Å²) in [7, 11) is 4.13. The molecule has 1 heterocycles. The van der Waals surface area contributed by atoms with Crippen molar-refractivity contribution in [2.75, 3.05) is 20.6 Å². The second kappa shape index (κ2) is 5.69. The molecule has 0 amide bonds. The number of aromatic nitrogens is 2. The summed E-state index contributed by atoms with van der Waals surface area (Å²) in [5.74, 6) is 1.40. The first-order valence-electron chi connectivity index (χ1n) is 6.08. The van der Waals surface area contributed by atoms with Crippen LogP contribution in [0.3, 0.4) is 0 Å². The Labute approximate surface area is 108 Å². The van der Waals surface area contributed by atoms with Crippen LogP contribution in [0.2, 0.25) is 0 Å². The van der Waals surface area contributed by atoms with Gasteiger partial charge in [-0.1, -0.05) is 12.1 Å². The monoisotopic (exact) mass is 245 g/mol. The van der Waals surface area contributed by atoms with Crippen molar-refractivity contribution in [3.63, 3.8) is 0 Å². The lowest BCUT2D eigenvalue weighted by molar-refractivity contribution is 0.406. The molecule has 1 N–H and O–H groups in total. The lowest BCUT2D eigenvalue weighted by atomic mass is 10.2. The zero-order valence-corrected chi connectivity index (χ0v) is 10.9. The predicted octanol–water partition coefficient (Wildman–Crippen LogP) is 1.74. The molecule has 4 nitrogen and oxygen atoms in total. The molecule has 2 rings (SSSR count). The predicted molar refractivity (Wildman–Crippen MR) is 71.7 cm³/mol. The highest BCUT2D eigenvalue weighted by atomic mass is 16.3. The molecule has 18 heavy (non-hydrogen) atoms. The molecule has 0 aliphatic carbocycles. The Morgan fingerprint density at radius 1 is 1.22 bits per heavy atom. The van der Waals surface area contributed by atoms with Crippen LogP contribution >= 0.6 is 0 Å². The fourth-order valence-corrected chi connectivity index (χ4v) is 1.83. The van der Waals surface area contributed by atoms with Crippen molar-refractivity contribution in [1.82, 2.24) is 14.5 Å². The summed E-state index contributed by atoms with van der Waals surface area (Å²) >= 11 is 0. The molecule has 0 saturated carbocycles. The number of aromatic hydroxyl groups is 1. The zero-order chi connectivity index (χ0) is 13.0. The minimum Gasteiger partial charge on any atom is -0.508 e. The maximum absolute atomic E-state index is 9.26. The maximum Gasteiger partial charge on any atom is 0.115 e. The normalized spacial score (nSPS) is 11.1.